The van der Waals surface area contributed by atoms with Crippen molar-refractivity contribution in [1.82, 2.24) is 24.0 Å². The summed E-state index contributed by atoms with van der Waals surface area (Å²) in [5.74, 6) is 0. The summed E-state index contributed by atoms with van der Waals surface area (Å²) in [5.41, 5.74) is 3.76. The van der Waals surface area contributed by atoms with Gasteiger partial charge in [-0.1, -0.05) is 30.3 Å². The first-order valence-electron chi connectivity index (χ1n) is 9.75. The van der Waals surface area contributed by atoms with Crippen LogP contribution in [0.15, 0.2) is 90.1 Å². The molecule has 0 amide bonds. The highest BCUT2D eigenvalue weighted by Gasteiger charge is 2.15. The molecule has 0 saturated carbocycles. The largest absolute Gasteiger partial charge is 0.296 e. The van der Waals surface area contributed by atoms with E-state index in [1.54, 1.807) is 22.7 Å². The van der Waals surface area contributed by atoms with Crippen molar-refractivity contribution in [2.75, 3.05) is 0 Å². The predicted octanol–water partition coefficient (Wildman–Crippen LogP) is 5.38. The lowest BCUT2D eigenvalue weighted by Gasteiger charge is -2.23. The highest BCUT2D eigenvalue weighted by Crippen LogP contribution is 2.21. The van der Waals surface area contributed by atoms with E-state index >= 15 is 0 Å². The van der Waals surface area contributed by atoms with Crippen LogP contribution in [-0.4, -0.2) is 24.0 Å². The quantitative estimate of drug-likeness (QED) is 0.331. The second-order valence-corrected chi connectivity index (χ2v) is 8.75. The SMILES string of the molecule is c1ccc(CN(Cc2cccn2-c2nccs2)Cc2cccn2-c2nccs2)cc1. The monoisotopic (exact) mass is 431 g/mol. The summed E-state index contributed by atoms with van der Waals surface area (Å²) in [6, 6.07) is 19.2. The standard InChI is InChI=1S/C23H21N5S2/c1-2-6-19(7-3-1)16-26(17-20-8-4-12-27(20)22-24-10-14-29-22)18-21-9-5-13-28(21)23-25-11-15-30-23/h1-15H,16-18H2. The maximum Gasteiger partial charge on any atom is 0.193 e. The number of hydrogen-bond donors (Lipinski definition) is 0. The highest BCUT2D eigenvalue weighted by molar-refractivity contribution is 7.12. The summed E-state index contributed by atoms with van der Waals surface area (Å²) in [4.78, 5) is 11.4. The zero-order valence-corrected chi connectivity index (χ0v) is 18.0. The molecule has 5 nitrogen and oxygen atoms in total. The molecule has 30 heavy (non-hydrogen) atoms. The van der Waals surface area contributed by atoms with Crippen molar-refractivity contribution in [2.24, 2.45) is 0 Å². The molecular formula is C23H21N5S2. The van der Waals surface area contributed by atoms with Gasteiger partial charge in [-0.2, -0.15) is 0 Å². The van der Waals surface area contributed by atoms with Gasteiger partial charge in [-0.25, -0.2) is 9.97 Å². The molecule has 0 spiro atoms. The van der Waals surface area contributed by atoms with Gasteiger partial charge in [0, 0.05) is 66.6 Å². The van der Waals surface area contributed by atoms with Gasteiger partial charge in [0.15, 0.2) is 10.3 Å². The summed E-state index contributed by atoms with van der Waals surface area (Å²) in [5, 5.41) is 6.03. The molecule has 0 fully saturated rings. The first-order valence-corrected chi connectivity index (χ1v) is 11.5. The van der Waals surface area contributed by atoms with Crippen molar-refractivity contribution in [3.63, 3.8) is 0 Å². The molecule has 7 heteroatoms. The number of thiazole rings is 2. The lowest BCUT2D eigenvalue weighted by Crippen LogP contribution is -2.24. The fourth-order valence-corrected chi connectivity index (χ4v) is 4.91. The summed E-state index contributed by atoms with van der Waals surface area (Å²) in [6.07, 6.45) is 7.89. The smallest absolute Gasteiger partial charge is 0.193 e. The van der Waals surface area contributed by atoms with Gasteiger partial charge in [-0.15, -0.1) is 22.7 Å². The van der Waals surface area contributed by atoms with Crippen LogP contribution < -0.4 is 0 Å². The molecule has 0 aliphatic rings. The van der Waals surface area contributed by atoms with Crippen LogP contribution in [0.25, 0.3) is 10.3 Å². The van der Waals surface area contributed by atoms with E-state index in [2.05, 4.69) is 91.0 Å². The van der Waals surface area contributed by atoms with Gasteiger partial charge >= 0.3 is 0 Å². The summed E-state index contributed by atoms with van der Waals surface area (Å²) in [6.45, 7) is 2.52. The number of nitrogens with zero attached hydrogens (tertiary/aromatic N) is 5. The summed E-state index contributed by atoms with van der Waals surface area (Å²) < 4.78 is 4.37. The van der Waals surface area contributed by atoms with Crippen molar-refractivity contribution in [1.29, 1.82) is 0 Å². The van der Waals surface area contributed by atoms with E-state index in [-0.39, 0.29) is 0 Å². The minimum Gasteiger partial charge on any atom is -0.296 e. The van der Waals surface area contributed by atoms with Gasteiger partial charge in [-0.05, 0) is 29.8 Å². The Morgan fingerprint density at radius 3 is 1.73 bits per heavy atom. The van der Waals surface area contributed by atoms with Gasteiger partial charge < -0.3 is 0 Å². The van der Waals surface area contributed by atoms with E-state index in [1.165, 1.54) is 17.0 Å². The van der Waals surface area contributed by atoms with Gasteiger partial charge in [-0.3, -0.25) is 14.0 Å². The van der Waals surface area contributed by atoms with Crippen molar-refractivity contribution < 1.29 is 0 Å². The molecule has 0 aliphatic heterocycles. The first-order chi connectivity index (χ1) is 14.9. The Morgan fingerprint density at radius 1 is 0.667 bits per heavy atom. The van der Waals surface area contributed by atoms with Gasteiger partial charge in [0.05, 0.1) is 0 Å². The Balaban J connectivity index is 1.44. The zero-order chi connectivity index (χ0) is 20.2. The van der Waals surface area contributed by atoms with Crippen LogP contribution in [0, 0.1) is 0 Å². The Morgan fingerprint density at radius 2 is 1.23 bits per heavy atom. The van der Waals surface area contributed by atoms with Crippen LogP contribution in [0.4, 0.5) is 0 Å². The average Bonchev–Trinajstić information content (AvgIpc) is 3.54. The molecule has 4 aromatic heterocycles. The Hall–Kier alpha value is -3.00. The minimum absolute atomic E-state index is 0.824. The number of benzene rings is 1. The summed E-state index contributed by atoms with van der Waals surface area (Å²) >= 11 is 3.31. The third kappa shape index (κ3) is 4.14. The second kappa shape index (κ2) is 8.79. The number of hydrogen-bond acceptors (Lipinski definition) is 5. The highest BCUT2D eigenvalue weighted by atomic mass is 32.1. The average molecular weight is 432 g/mol. The Bertz CT molecular complexity index is 1100. The molecule has 0 saturated heterocycles. The minimum atomic E-state index is 0.824. The van der Waals surface area contributed by atoms with E-state index in [1.807, 2.05) is 23.2 Å². The molecule has 0 unspecified atom stereocenters. The molecule has 4 heterocycles. The zero-order valence-electron chi connectivity index (χ0n) is 16.3. The first kappa shape index (κ1) is 19.0. The predicted molar refractivity (Wildman–Crippen MR) is 122 cm³/mol. The lowest BCUT2D eigenvalue weighted by atomic mass is 10.2. The molecule has 0 bridgehead atoms. The summed E-state index contributed by atoms with van der Waals surface area (Å²) in [7, 11) is 0. The maximum atomic E-state index is 4.49. The second-order valence-electron chi connectivity index (χ2n) is 7.00. The Labute approximate surface area is 183 Å². The number of rotatable bonds is 8. The fourth-order valence-electron chi connectivity index (χ4n) is 3.60. The van der Waals surface area contributed by atoms with Crippen molar-refractivity contribution in [3.05, 3.63) is 107 Å². The molecule has 5 aromatic rings. The molecular weight excluding hydrogens is 410 g/mol. The van der Waals surface area contributed by atoms with Crippen LogP contribution in [0.3, 0.4) is 0 Å². The third-order valence-electron chi connectivity index (χ3n) is 4.94. The normalized spacial score (nSPS) is 11.4. The molecule has 0 N–H and O–H groups in total. The van der Waals surface area contributed by atoms with Crippen molar-refractivity contribution >= 4 is 22.7 Å². The van der Waals surface area contributed by atoms with Crippen LogP contribution in [0.2, 0.25) is 0 Å². The molecule has 150 valence electrons. The van der Waals surface area contributed by atoms with Gasteiger partial charge in [0.25, 0.3) is 0 Å². The van der Waals surface area contributed by atoms with E-state index in [9.17, 15) is 0 Å². The van der Waals surface area contributed by atoms with E-state index in [0.717, 1.165) is 29.9 Å². The fraction of sp³-hybridized carbons (Fsp3) is 0.130. The third-order valence-corrected chi connectivity index (χ3v) is 6.48. The lowest BCUT2D eigenvalue weighted by molar-refractivity contribution is 0.239. The van der Waals surface area contributed by atoms with Crippen LogP contribution in [0.1, 0.15) is 17.0 Å². The van der Waals surface area contributed by atoms with Crippen molar-refractivity contribution in [3.8, 4) is 10.3 Å². The maximum absolute atomic E-state index is 4.49. The molecule has 0 atom stereocenters. The topological polar surface area (TPSA) is 38.9 Å². The van der Waals surface area contributed by atoms with Crippen LogP contribution >= 0.6 is 22.7 Å². The van der Waals surface area contributed by atoms with Crippen LogP contribution in [-0.2, 0) is 19.6 Å². The van der Waals surface area contributed by atoms with E-state index in [4.69, 9.17) is 0 Å². The van der Waals surface area contributed by atoms with Gasteiger partial charge in [0.1, 0.15) is 0 Å². The van der Waals surface area contributed by atoms with Crippen LogP contribution in [0.5, 0.6) is 0 Å². The molecule has 5 rings (SSSR count). The van der Waals surface area contributed by atoms with Gasteiger partial charge in [0.2, 0.25) is 0 Å². The molecule has 0 radical (unpaired) electrons. The van der Waals surface area contributed by atoms with E-state index in [0.29, 0.717) is 0 Å². The Kier molecular flexibility index (Phi) is 5.56. The van der Waals surface area contributed by atoms with Crippen molar-refractivity contribution in [2.45, 2.75) is 19.6 Å². The molecule has 1 aromatic carbocycles. The number of aromatic nitrogens is 4. The van der Waals surface area contributed by atoms with E-state index < -0.39 is 0 Å². The molecule has 0 aliphatic carbocycles.